The molecule has 2 unspecified atom stereocenters. The summed E-state index contributed by atoms with van der Waals surface area (Å²) in [5, 5.41) is 5.41. The first kappa shape index (κ1) is 19.5. The lowest BCUT2D eigenvalue weighted by atomic mass is 10.1. The molecule has 2 N–H and O–H groups in total. The Hall–Kier alpha value is -2.83. The van der Waals surface area contributed by atoms with E-state index >= 15 is 0 Å². The highest BCUT2D eigenvalue weighted by atomic mass is 19.1. The summed E-state index contributed by atoms with van der Waals surface area (Å²) >= 11 is 0. The van der Waals surface area contributed by atoms with E-state index in [1.165, 1.54) is 13.2 Å². The van der Waals surface area contributed by atoms with E-state index in [0.29, 0.717) is 11.5 Å². The third-order valence-electron chi connectivity index (χ3n) is 4.03. The molecule has 2 amide bonds. The van der Waals surface area contributed by atoms with E-state index in [1.807, 2.05) is 0 Å². The Balaban J connectivity index is 2.07. The number of halogens is 2. The SMILES string of the molecule is COc1ccc(OC)c(C(C)NC(=O)NC(C)c2ccc(F)cc2F)c1. The van der Waals surface area contributed by atoms with Crippen molar-refractivity contribution in [2.24, 2.45) is 0 Å². The number of amides is 2. The summed E-state index contributed by atoms with van der Waals surface area (Å²) in [7, 11) is 3.09. The lowest BCUT2D eigenvalue weighted by molar-refractivity contribution is 0.234. The van der Waals surface area contributed by atoms with Crippen molar-refractivity contribution in [1.82, 2.24) is 10.6 Å². The van der Waals surface area contributed by atoms with Gasteiger partial charge in [-0.1, -0.05) is 6.07 Å². The topological polar surface area (TPSA) is 59.6 Å². The van der Waals surface area contributed by atoms with Gasteiger partial charge in [0.15, 0.2) is 0 Å². The predicted octanol–water partition coefficient (Wildman–Crippen LogP) is 4.10. The second-order valence-electron chi connectivity index (χ2n) is 5.83. The monoisotopic (exact) mass is 364 g/mol. The van der Waals surface area contributed by atoms with Gasteiger partial charge in [0.2, 0.25) is 0 Å². The van der Waals surface area contributed by atoms with Crippen molar-refractivity contribution < 1.29 is 23.0 Å². The fourth-order valence-electron chi connectivity index (χ4n) is 2.62. The smallest absolute Gasteiger partial charge is 0.315 e. The van der Waals surface area contributed by atoms with E-state index < -0.39 is 23.7 Å². The van der Waals surface area contributed by atoms with Gasteiger partial charge in [0, 0.05) is 17.2 Å². The third-order valence-corrected chi connectivity index (χ3v) is 4.03. The number of methoxy groups -OCH3 is 2. The molecule has 140 valence electrons. The van der Waals surface area contributed by atoms with Crippen LogP contribution < -0.4 is 20.1 Å². The summed E-state index contributed by atoms with van der Waals surface area (Å²) < 4.78 is 37.3. The molecule has 0 aliphatic rings. The van der Waals surface area contributed by atoms with Crippen molar-refractivity contribution in [3.05, 3.63) is 59.2 Å². The van der Waals surface area contributed by atoms with Gasteiger partial charge in [-0.05, 0) is 38.1 Å². The maximum atomic E-state index is 13.8. The average molecular weight is 364 g/mol. The molecule has 0 saturated heterocycles. The van der Waals surface area contributed by atoms with E-state index in [4.69, 9.17) is 9.47 Å². The van der Waals surface area contributed by atoms with Gasteiger partial charge in [-0.3, -0.25) is 0 Å². The summed E-state index contributed by atoms with van der Waals surface area (Å²) in [5.74, 6) is -0.130. The molecule has 0 aliphatic carbocycles. The zero-order chi connectivity index (χ0) is 19.3. The molecule has 0 aromatic heterocycles. The number of urea groups is 1. The van der Waals surface area contributed by atoms with E-state index in [-0.39, 0.29) is 11.6 Å². The quantitative estimate of drug-likeness (QED) is 0.811. The molecule has 0 radical (unpaired) electrons. The summed E-state index contributed by atoms with van der Waals surface area (Å²) in [4.78, 5) is 12.3. The molecule has 0 bridgehead atoms. The van der Waals surface area contributed by atoms with Gasteiger partial charge in [0.1, 0.15) is 23.1 Å². The number of hydrogen-bond donors (Lipinski definition) is 2. The van der Waals surface area contributed by atoms with Crippen LogP contribution in [0.3, 0.4) is 0 Å². The summed E-state index contributed by atoms with van der Waals surface area (Å²) in [6.07, 6.45) is 0. The molecule has 5 nitrogen and oxygen atoms in total. The third kappa shape index (κ3) is 4.62. The molecule has 0 saturated carbocycles. The van der Waals surface area contributed by atoms with Crippen LogP contribution in [0, 0.1) is 11.6 Å². The normalized spacial score (nSPS) is 12.8. The maximum Gasteiger partial charge on any atom is 0.315 e. The molecular weight excluding hydrogens is 342 g/mol. The molecule has 0 fully saturated rings. The van der Waals surface area contributed by atoms with Gasteiger partial charge in [0.25, 0.3) is 0 Å². The van der Waals surface area contributed by atoms with E-state index in [2.05, 4.69) is 10.6 Å². The largest absolute Gasteiger partial charge is 0.497 e. The van der Waals surface area contributed by atoms with Crippen LogP contribution >= 0.6 is 0 Å². The van der Waals surface area contributed by atoms with Crippen LogP contribution in [0.4, 0.5) is 13.6 Å². The fraction of sp³-hybridized carbons (Fsp3) is 0.316. The number of nitrogens with one attached hydrogen (secondary N) is 2. The molecule has 0 heterocycles. The van der Waals surface area contributed by atoms with Crippen molar-refractivity contribution in [1.29, 1.82) is 0 Å². The van der Waals surface area contributed by atoms with Crippen molar-refractivity contribution in [2.75, 3.05) is 14.2 Å². The van der Waals surface area contributed by atoms with Crippen LogP contribution in [-0.2, 0) is 0 Å². The first-order chi connectivity index (χ1) is 12.3. The lowest BCUT2D eigenvalue weighted by Gasteiger charge is -2.21. The van der Waals surface area contributed by atoms with Gasteiger partial charge in [-0.25, -0.2) is 13.6 Å². The van der Waals surface area contributed by atoms with Crippen LogP contribution in [0.25, 0.3) is 0 Å². The highest BCUT2D eigenvalue weighted by Gasteiger charge is 2.18. The number of carbonyl (C=O) groups excluding carboxylic acids is 1. The highest BCUT2D eigenvalue weighted by Crippen LogP contribution is 2.29. The highest BCUT2D eigenvalue weighted by molar-refractivity contribution is 5.75. The zero-order valence-electron chi connectivity index (χ0n) is 15.1. The number of rotatable bonds is 6. The number of benzene rings is 2. The molecule has 2 aromatic carbocycles. The summed E-state index contributed by atoms with van der Waals surface area (Å²) in [6.45, 7) is 3.41. The molecule has 0 aliphatic heterocycles. The fourth-order valence-corrected chi connectivity index (χ4v) is 2.62. The predicted molar refractivity (Wildman–Crippen MR) is 94.4 cm³/mol. The number of ether oxygens (including phenoxy) is 2. The summed E-state index contributed by atoms with van der Waals surface area (Å²) in [5.41, 5.74) is 0.941. The minimum Gasteiger partial charge on any atom is -0.497 e. The Morgan fingerprint density at radius 3 is 2.15 bits per heavy atom. The van der Waals surface area contributed by atoms with Gasteiger partial charge < -0.3 is 20.1 Å². The maximum absolute atomic E-state index is 13.8. The molecule has 2 aromatic rings. The van der Waals surface area contributed by atoms with E-state index in [9.17, 15) is 13.6 Å². The molecular formula is C19H22F2N2O3. The average Bonchev–Trinajstić information content (AvgIpc) is 2.60. The first-order valence-corrected chi connectivity index (χ1v) is 8.09. The van der Waals surface area contributed by atoms with Gasteiger partial charge >= 0.3 is 6.03 Å². The molecule has 0 spiro atoms. The Bertz CT molecular complexity index is 783. The minimum atomic E-state index is -0.708. The zero-order valence-corrected chi connectivity index (χ0v) is 15.1. The van der Waals surface area contributed by atoms with Gasteiger partial charge in [-0.15, -0.1) is 0 Å². The number of carbonyl (C=O) groups is 1. The van der Waals surface area contributed by atoms with Crippen LogP contribution in [0.1, 0.15) is 37.1 Å². The Morgan fingerprint density at radius 1 is 0.923 bits per heavy atom. The lowest BCUT2D eigenvalue weighted by Crippen LogP contribution is -2.38. The molecule has 26 heavy (non-hydrogen) atoms. The van der Waals surface area contributed by atoms with Crippen LogP contribution in [-0.4, -0.2) is 20.3 Å². The Kier molecular flexibility index (Phi) is 6.38. The summed E-state index contributed by atoms with van der Waals surface area (Å²) in [6, 6.07) is 7.03. The second-order valence-corrected chi connectivity index (χ2v) is 5.83. The van der Waals surface area contributed by atoms with Crippen LogP contribution in [0.5, 0.6) is 11.5 Å². The van der Waals surface area contributed by atoms with Crippen LogP contribution in [0.15, 0.2) is 36.4 Å². The molecule has 2 rings (SSSR count). The van der Waals surface area contributed by atoms with Gasteiger partial charge in [-0.2, -0.15) is 0 Å². The van der Waals surface area contributed by atoms with Crippen molar-refractivity contribution in [3.63, 3.8) is 0 Å². The number of hydrogen-bond acceptors (Lipinski definition) is 3. The second kappa shape index (κ2) is 8.51. The molecule has 7 heteroatoms. The van der Waals surface area contributed by atoms with Crippen molar-refractivity contribution >= 4 is 6.03 Å². The van der Waals surface area contributed by atoms with Crippen molar-refractivity contribution in [3.8, 4) is 11.5 Å². The molecule has 2 atom stereocenters. The standard InChI is InChI=1S/C19H22F2N2O3/c1-11(15-7-5-13(20)9-17(15)21)22-19(24)23-12(2)16-10-14(25-3)6-8-18(16)26-4/h5-12H,1-4H3,(H2,22,23,24). The first-order valence-electron chi connectivity index (χ1n) is 8.09. The van der Waals surface area contributed by atoms with Gasteiger partial charge in [0.05, 0.1) is 26.3 Å². The minimum absolute atomic E-state index is 0.202. The Morgan fingerprint density at radius 2 is 1.58 bits per heavy atom. The van der Waals surface area contributed by atoms with Crippen molar-refractivity contribution in [2.45, 2.75) is 25.9 Å². The van der Waals surface area contributed by atoms with E-state index in [0.717, 1.165) is 17.7 Å². The van der Waals surface area contributed by atoms with E-state index in [1.54, 1.807) is 39.2 Å². The van der Waals surface area contributed by atoms with Crippen LogP contribution in [0.2, 0.25) is 0 Å². The Labute approximate surface area is 151 Å².